The number of para-hydroxylation sites is 1. The SMILES string of the molecule is C1=CCNC1.O=CC1COCCN1C(=O)O.c1ccc2ncccc2c1. The van der Waals surface area contributed by atoms with Crippen LogP contribution >= 0.6 is 0 Å². The van der Waals surface area contributed by atoms with Crippen molar-refractivity contribution < 1.29 is 19.4 Å². The maximum Gasteiger partial charge on any atom is 0.408 e. The number of ether oxygens (including phenoxy) is 1. The van der Waals surface area contributed by atoms with Crippen LogP contribution in [0.2, 0.25) is 0 Å². The van der Waals surface area contributed by atoms with Crippen molar-refractivity contribution in [1.29, 1.82) is 0 Å². The lowest BCUT2D eigenvalue weighted by atomic mass is 10.2. The number of aldehydes is 1. The molecule has 2 aliphatic rings. The van der Waals surface area contributed by atoms with Gasteiger partial charge in [-0.25, -0.2) is 4.79 Å². The van der Waals surface area contributed by atoms with E-state index in [-0.39, 0.29) is 13.2 Å². The van der Waals surface area contributed by atoms with Crippen molar-refractivity contribution in [1.82, 2.24) is 15.2 Å². The van der Waals surface area contributed by atoms with Gasteiger partial charge in [0.05, 0.1) is 18.7 Å². The maximum atomic E-state index is 10.4. The zero-order chi connectivity index (χ0) is 18.6. The number of aromatic nitrogens is 1. The Morgan fingerprint density at radius 1 is 1.23 bits per heavy atom. The Bertz CT molecular complexity index is 664. The number of carboxylic acid groups (broad SMARTS) is 1. The maximum absolute atomic E-state index is 10.4. The van der Waals surface area contributed by atoms with Crippen molar-refractivity contribution in [2.75, 3.05) is 32.8 Å². The van der Waals surface area contributed by atoms with Crippen molar-refractivity contribution >= 4 is 23.3 Å². The Balaban J connectivity index is 0.000000149. The third kappa shape index (κ3) is 6.27. The van der Waals surface area contributed by atoms with Crippen molar-refractivity contribution in [2.24, 2.45) is 0 Å². The van der Waals surface area contributed by atoms with Crippen LogP contribution in [0.25, 0.3) is 10.9 Å². The molecule has 2 aromatic rings. The van der Waals surface area contributed by atoms with Crippen LogP contribution in [0.1, 0.15) is 0 Å². The first-order valence-electron chi connectivity index (χ1n) is 8.40. The van der Waals surface area contributed by atoms with Crippen molar-refractivity contribution in [3.8, 4) is 0 Å². The molecule has 7 heteroatoms. The molecule has 2 N–H and O–H groups in total. The molecule has 138 valence electrons. The summed E-state index contributed by atoms with van der Waals surface area (Å²) in [5, 5.41) is 12.9. The van der Waals surface area contributed by atoms with E-state index >= 15 is 0 Å². The van der Waals surface area contributed by atoms with Crippen LogP contribution in [0.4, 0.5) is 4.79 Å². The molecule has 7 nitrogen and oxygen atoms in total. The zero-order valence-corrected chi connectivity index (χ0v) is 14.5. The molecule has 2 aliphatic heterocycles. The van der Waals surface area contributed by atoms with Crippen LogP contribution in [-0.2, 0) is 9.53 Å². The molecule has 0 radical (unpaired) electrons. The van der Waals surface area contributed by atoms with Gasteiger partial charge in [-0.05, 0) is 12.1 Å². The fourth-order valence-electron chi connectivity index (χ4n) is 2.41. The summed E-state index contributed by atoms with van der Waals surface area (Å²) < 4.78 is 4.92. The largest absolute Gasteiger partial charge is 0.465 e. The quantitative estimate of drug-likeness (QED) is 0.599. The van der Waals surface area contributed by atoms with Gasteiger partial charge in [0.15, 0.2) is 0 Å². The number of pyridine rings is 1. The zero-order valence-electron chi connectivity index (χ0n) is 14.5. The summed E-state index contributed by atoms with van der Waals surface area (Å²) in [6.07, 6.45) is 5.58. The Morgan fingerprint density at radius 2 is 1.96 bits per heavy atom. The highest BCUT2D eigenvalue weighted by atomic mass is 16.5. The number of rotatable bonds is 1. The smallest absolute Gasteiger partial charge is 0.408 e. The molecule has 26 heavy (non-hydrogen) atoms. The van der Waals surface area contributed by atoms with Gasteiger partial charge in [0.1, 0.15) is 12.3 Å². The third-order valence-corrected chi connectivity index (χ3v) is 3.77. The summed E-state index contributed by atoms with van der Waals surface area (Å²) in [5.74, 6) is 0. The van der Waals surface area contributed by atoms with Crippen molar-refractivity contribution in [3.05, 3.63) is 54.7 Å². The summed E-state index contributed by atoms with van der Waals surface area (Å²) in [7, 11) is 0. The summed E-state index contributed by atoms with van der Waals surface area (Å²) in [4.78, 5) is 26.0. The van der Waals surface area contributed by atoms with Gasteiger partial charge in [0, 0.05) is 31.2 Å². The van der Waals surface area contributed by atoms with Crippen LogP contribution in [-0.4, -0.2) is 66.3 Å². The number of hydrogen-bond acceptors (Lipinski definition) is 5. The monoisotopic (exact) mass is 357 g/mol. The van der Waals surface area contributed by atoms with E-state index in [9.17, 15) is 9.59 Å². The molecule has 0 spiro atoms. The summed E-state index contributed by atoms with van der Waals surface area (Å²) in [5.41, 5.74) is 1.06. The molecule has 1 fully saturated rings. The topological polar surface area (TPSA) is 91.8 Å². The molecule has 1 amide bonds. The fraction of sp³-hybridized carbons (Fsp3) is 0.316. The third-order valence-electron chi connectivity index (χ3n) is 3.77. The summed E-state index contributed by atoms with van der Waals surface area (Å²) >= 11 is 0. The van der Waals surface area contributed by atoms with Crippen LogP contribution in [0.3, 0.4) is 0 Å². The highest BCUT2D eigenvalue weighted by molar-refractivity contribution is 5.77. The average Bonchev–Trinajstić information content (AvgIpc) is 3.28. The highest BCUT2D eigenvalue weighted by Crippen LogP contribution is 2.08. The first-order valence-corrected chi connectivity index (χ1v) is 8.40. The van der Waals surface area contributed by atoms with Crippen molar-refractivity contribution in [2.45, 2.75) is 6.04 Å². The van der Waals surface area contributed by atoms with Crippen molar-refractivity contribution in [3.63, 3.8) is 0 Å². The highest BCUT2D eigenvalue weighted by Gasteiger charge is 2.25. The van der Waals surface area contributed by atoms with Gasteiger partial charge in [-0.1, -0.05) is 36.4 Å². The average molecular weight is 357 g/mol. The number of hydrogen-bond donors (Lipinski definition) is 2. The Labute approximate surface area is 152 Å². The number of nitrogens with zero attached hydrogens (tertiary/aromatic N) is 2. The lowest BCUT2D eigenvalue weighted by Gasteiger charge is -2.29. The molecule has 3 heterocycles. The second-order valence-corrected chi connectivity index (χ2v) is 5.58. The van der Waals surface area contributed by atoms with Gasteiger partial charge in [0.25, 0.3) is 0 Å². The Morgan fingerprint density at radius 3 is 2.54 bits per heavy atom. The molecule has 1 saturated heterocycles. The lowest BCUT2D eigenvalue weighted by Crippen LogP contribution is -2.48. The predicted molar refractivity (Wildman–Crippen MR) is 99.2 cm³/mol. The molecular weight excluding hydrogens is 334 g/mol. The molecule has 1 aromatic heterocycles. The number of fused-ring (bicyclic) bond motifs is 1. The van der Waals surface area contributed by atoms with Gasteiger partial charge in [-0.3, -0.25) is 9.88 Å². The van der Waals surface area contributed by atoms with E-state index < -0.39 is 12.1 Å². The minimum absolute atomic E-state index is 0.176. The number of carbonyl (C=O) groups is 2. The van der Waals surface area contributed by atoms with Crippen LogP contribution in [0.15, 0.2) is 54.7 Å². The van der Waals surface area contributed by atoms with E-state index in [0.29, 0.717) is 12.9 Å². The summed E-state index contributed by atoms with van der Waals surface area (Å²) in [6, 6.07) is 11.5. The van der Waals surface area contributed by atoms with Gasteiger partial charge < -0.3 is 20.0 Å². The Kier molecular flexibility index (Phi) is 8.25. The fourth-order valence-corrected chi connectivity index (χ4v) is 2.41. The number of nitrogens with one attached hydrogen (secondary N) is 1. The Hall–Kier alpha value is -2.77. The minimum Gasteiger partial charge on any atom is -0.465 e. The lowest BCUT2D eigenvalue weighted by molar-refractivity contribution is -0.116. The van der Waals surface area contributed by atoms with E-state index in [4.69, 9.17) is 9.84 Å². The first kappa shape index (κ1) is 19.6. The van der Waals surface area contributed by atoms with Gasteiger partial charge in [-0.15, -0.1) is 0 Å². The van der Waals surface area contributed by atoms with E-state index in [2.05, 4.69) is 34.6 Å². The molecular formula is C19H23N3O4. The molecule has 0 saturated carbocycles. The summed E-state index contributed by atoms with van der Waals surface area (Å²) in [6.45, 7) is 2.96. The van der Waals surface area contributed by atoms with E-state index in [1.807, 2.05) is 30.5 Å². The van der Waals surface area contributed by atoms with Gasteiger partial charge >= 0.3 is 6.09 Å². The van der Waals surface area contributed by atoms with Crippen LogP contribution in [0.5, 0.6) is 0 Å². The van der Waals surface area contributed by atoms with Gasteiger partial charge in [0.2, 0.25) is 0 Å². The molecule has 0 aliphatic carbocycles. The molecule has 1 aromatic carbocycles. The van der Waals surface area contributed by atoms with E-state index in [1.54, 1.807) is 0 Å². The van der Waals surface area contributed by atoms with Gasteiger partial charge in [-0.2, -0.15) is 0 Å². The molecule has 1 unspecified atom stereocenters. The number of amides is 1. The second kappa shape index (κ2) is 11.0. The first-order chi connectivity index (χ1) is 12.7. The molecule has 1 atom stereocenters. The second-order valence-electron chi connectivity index (χ2n) is 5.58. The predicted octanol–water partition coefficient (Wildman–Crippen LogP) is 1.94. The molecule has 4 rings (SSSR count). The normalized spacial score (nSPS) is 18.3. The minimum atomic E-state index is -1.06. The number of morpholine rings is 1. The van der Waals surface area contributed by atoms with E-state index in [1.165, 1.54) is 5.39 Å². The van der Waals surface area contributed by atoms with E-state index in [0.717, 1.165) is 23.5 Å². The van der Waals surface area contributed by atoms with Crippen LogP contribution in [0, 0.1) is 0 Å². The molecule has 0 bridgehead atoms. The van der Waals surface area contributed by atoms with Crippen LogP contribution < -0.4 is 5.32 Å². The number of benzene rings is 1. The standard InChI is InChI=1S/C9H7N.C6H9NO4.C4H7N/c1-2-6-9-8(4-1)5-3-7-10-9;8-3-5-4-11-2-1-7(5)6(9)10;1-2-4-5-3-1/h1-7H;3,5H,1-2,4H2,(H,9,10);1-2,5H,3-4H2. The number of carbonyl (C=O) groups excluding carboxylic acids is 1.